The molecular formula is C8H12O5. The summed E-state index contributed by atoms with van der Waals surface area (Å²) in [4.78, 5) is 39.8. The van der Waals surface area contributed by atoms with Crippen LogP contribution in [0.25, 0.3) is 0 Å². The lowest BCUT2D eigenvalue weighted by Gasteiger charge is -2.05. The largest absolute Gasteiger partial charge is 0.421 e. The van der Waals surface area contributed by atoms with E-state index in [-0.39, 0.29) is 5.92 Å². The van der Waals surface area contributed by atoms with Gasteiger partial charge in [0.05, 0.1) is 5.92 Å². The van der Waals surface area contributed by atoms with Crippen LogP contribution in [0, 0.1) is 5.92 Å². The fraction of sp³-hybridized carbons (Fsp3) is 0.625. The first kappa shape index (κ1) is 11.6. The second-order valence-electron chi connectivity index (χ2n) is 2.64. The van der Waals surface area contributed by atoms with Gasteiger partial charge in [-0.3, -0.25) is 4.79 Å². The Balaban J connectivity index is 3.83. The summed E-state index contributed by atoms with van der Waals surface area (Å²) in [5.74, 6) is -2.98. The van der Waals surface area contributed by atoms with E-state index in [1.165, 1.54) is 0 Å². The van der Waals surface area contributed by atoms with Crippen LogP contribution in [0.5, 0.6) is 0 Å². The topological polar surface area (TPSA) is 69.7 Å². The quantitative estimate of drug-likeness (QED) is 0.369. The van der Waals surface area contributed by atoms with Gasteiger partial charge in [0.25, 0.3) is 0 Å². The molecule has 74 valence electrons. The molecule has 0 aliphatic heterocycles. The number of rotatable bonds is 3. The van der Waals surface area contributed by atoms with Crippen molar-refractivity contribution in [2.75, 3.05) is 0 Å². The third-order valence-corrected chi connectivity index (χ3v) is 1.50. The molecule has 0 radical (unpaired) electrons. The van der Waals surface area contributed by atoms with Crippen LogP contribution < -0.4 is 0 Å². The Bertz CT molecular complexity index is 221. The molecule has 0 fully saturated rings. The van der Waals surface area contributed by atoms with Crippen molar-refractivity contribution in [2.24, 2.45) is 5.92 Å². The lowest BCUT2D eigenvalue weighted by Crippen LogP contribution is -2.20. The zero-order valence-corrected chi connectivity index (χ0v) is 7.83. The van der Waals surface area contributed by atoms with Gasteiger partial charge in [-0.1, -0.05) is 13.8 Å². The molecule has 1 atom stereocenters. The van der Waals surface area contributed by atoms with E-state index in [4.69, 9.17) is 0 Å². The van der Waals surface area contributed by atoms with Crippen LogP contribution in [-0.2, 0) is 24.2 Å². The number of hydrogen-bond donors (Lipinski definition) is 0. The zero-order chi connectivity index (χ0) is 10.4. The molecule has 5 nitrogen and oxygen atoms in total. The lowest BCUT2D eigenvalue weighted by molar-refractivity contribution is -0.259. The van der Waals surface area contributed by atoms with Gasteiger partial charge in [0, 0.05) is 6.92 Å². The van der Waals surface area contributed by atoms with E-state index < -0.39 is 17.7 Å². The van der Waals surface area contributed by atoms with Crippen LogP contribution in [0.1, 0.15) is 27.2 Å². The van der Waals surface area contributed by atoms with Crippen LogP contribution in [0.3, 0.4) is 0 Å². The van der Waals surface area contributed by atoms with Gasteiger partial charge in [0.15, 0.2) is 0 Å². The van der Waals surface area contributed by atoms with Gasteiger partial charge in [-0.25, -0.2) is 19.4 Å². The predicted molar refractivity (Wildman–Crippen MR) is 42.3 cm³/mol. The highest BCUT2D eigenvalue weighted by atomic mass is 17.2. The Morgan fingerprint density at radius 3 is 2.15 bits per heavy atom. The molecule has 0 aromatic heterocycles. The molecule has 5 heteroatoms. The highest BCUT2D eigenvalue weighted by Gasteiger charge is 2.17. The van der Waals surface area contributed by atoms with Crippen LogP contribution in [-0.4, -0.2) is 17.7 Å². The van der Waals surface area contributed by atoms with Gasteiger partial charge in [-0.2, -0.15) is 0 Å². The van der Waals surface area contributed by atoms with Crippen molar-refractivity contribution in [1.82, 2.24) is 0 Å². The van der Waals surface area contributed by atoms with Gasteiger partial charge in [-0.15, -0.1) is 0 Å². The Kier molecular flexibility index (Phi) is 4.72. The number of hydrogen-bond acceptors (Lipinski definition) is 5. The van der Waals surface area contributed by atoms with E-state index in [1.807, 2.05) is 0 Å². The first-order chi connectivity index (χ1) is 5.99. The van der Waals surface area contributed by atoms with Crippen molar-refractivity contribution in [3.8, 4) is 0 Å². The van der Waals surface area contributed by atoms with E-state index in [0.29, 0.717) is 6.42 Å². The Morgan fingerprint density at radius 2 is 1.77 bits per heavy atom. The average Bonchev–Trinajstić information content (AvgIpc) is 2.11. The normalized spacial score (nSPS) is 11.6. The molecule has 0 aromatic rings. The molecule has 13 heavy (non-hydrogen) atoms. The second kappa shape index (κ2) is 5.29. The third-order valence-electron chi connectivity index (χ3n) is 1.50. The minimum absolute atomic E-state index is 0.347. The van der Waals surface area contributed by atoms with Gasteiger partial charge in [-0.05, 0) is 6.42 Å². The molecule has 0 spiro atoms. The first-order valence-electron chi connectivity index (χ1n) is 3.92. The summed E-state index contributed by atoms with van der Waals surface area (Å²) in [6.07, 6.45) is 0.580. The fourth-order valence-electron chi connectivity index (χ4n) is 0.386. The summed E-state index contributed by atoms with van der Waals surface area (Å²) < 4.78 is 0. The highest BCUT2D eigenvalue weighted by Crippen LogP contribution is 2.03. The maximum atomic E-state index is 10.9. The van der Waals surface area contributed by atoms with Gasteiger partial charge >= 0.3 is 11.9 Å². The van der Waals surface area contributed by atoms with E-state index in [0.717, 1.165) is 6.92 Å². The van der Waals surface area contributed by atoms with Gasteiger partial charge in [0.2, 0.25) is 5.78 Å². The van der Waals surface area contributed by atoms with Crippen molar-refractivity contribution < 1.29 is 24.2 Å². The van der Waals surface area contributed by atoms with Crippen LogP contribution in [0.15, 0.2) is 0 Å². The summed E-state index contributed by atoms with van der Waals surface area (Å²) >= 11 is 0. The molecule has 0 heterocycles. The fourth-order valence-corrected chi connectivity index (χ4v) is 0.386. The number of carbonyl (C=O) groups is 3. The minimum Gasteiger partial charge on any atom is -0.287 e. The molecule has 0 aromatic carbocycles. The first-order valence-corrected chi connectivity index (χ1v) is 3.92. The number of Topliss-reactive ketones (excluding diaryl/α,β-unsaturated/α-hetero) is 1. The lowest BCUT2D eigenvalue weighted by atomic mass is 10.1. The van der Waals surface area contributed by atoms with E-state index in [9.17, 15) is 14.4 Å². The maximum absolute atomic E-state index is 10.9. The van der Waals surface area contributed by atoms with Gasteiger partial charge < -0.3 is 0 Å². The molecule has 0 aliphatic carbocycles. The molecule has 1 unspecified atom stereocenters. The minimum atomic E-state index is -1.17. The predicted octanol–water partition coefficient (Wildman–Crippen LogP) is 0.623. The van der Waals surface area contributed by atoms with Crippen LogP contribution >= 0.6 is 0 Å². The number of carbonyl (C=O) groups excluding carboxylic acids is 3. The van der Waals surface area contributed by atoms with Crippen molar-refractivity contribution in [2.45, 2.75) is 27.2 Å². The van der Waals surface area contributed by atoms with E-state index >= 15 is 0 Å². The molecule has 0 saturated heterocycles. The van der Waals surface area contributed by atoms with Gasteiger partial charge in [0.1, 0.15) is 0 Å². The Labute approximate surface area is 75.9 Å². The van der Waals surface area contributed by atoms with Crippen LogP contribution in [0.4, 0.5) is 0 Å². The van der Waals surface area contributed by atoms with Crippen molar-refractivity contribution >= 4 is 17.7 Å². The van der Waals surface area contributed by atoms with Crippen molar-refractivity contribution in [1.29, 1.82) is 0 Å². The Hall–Kier alpha value is -1.39. The molecule has 0 N–H and O–H groups in total. The summed E-state index contributed by atoms with van der Waals surface area (Å²) in [7, 11) is 0. The summed E-state index contributed by atoms with van der Waals surface area (Å²) in [6.45, 7) is 4.45. The molecule has 0 saturated carbocycles. The monoisotopic (exact) mass is 188 g/mol. The zero-order valence-electron chi connectivity index (χ0n) is 7.83. The molecule has 0 rings (SSSR count). The molecule has 0 aliphatic rings. The summed E-state index contributed by atoms with van der Waals surface area (Å²) in [5.41, 5.74) is 0. The average molecular weight is 188 g/mol. The SMILES string of the molecule is CCC(C)C(=O)OOC(=O)C(C)=O. The third kappa shape index (κ3) is 4.25. The summed E-state index contributed by atoms with van der Waals surface area (Å²) in [5, 5.41) is 0. The smallest absolute Gasteiger partial charge is 0.287 e. The molecule has 0 bridgehead atoms. The van der Waals surface area contributed by atoms with Crippen LogP contribution in [0.2, 0.25) is 0 Å². The van der Waals surface area contributed by atoms with E-state index in [1.54, 1.807) is 13.8 Å². The highest BCUT2D eigenvalue weighted by molar-refractivity contribution is 6.32. The summed E-state index contributed by atoms with van der Waals surface area (Å²) in [6, 6.07) is 0. The molecular weight excluding hydrogens is 176 g/mol. The second-order valence-corrected chi connectivity index (χ2v) is 2.64. The molecule has 0 amide bonds. The van der Waals surface area contributed by atoms with Crippen molar-refractivity contribution in [3.63, 3.8) is 0 Å². The standard InChI is InChI=1S/C8H12O5/c1-4-5(2)7(10)12-13-8(11)6(3)9/h5H,4H2,1-3H3. The number of ketones is 1. The van der Waals surface area contributed by atoms with E-state index in [2.05, 4.69) is 9.78 Å². The Morgan fingerprint density at radius 1 is 1.23 bits per heavy atom. The van der Waals surface area contributed by atoms with Crippen molar-refractivity contribution in [3.05, 3.63) is 0 Å². The maximum Gasteiger partial charge on any atom is 0.421 e.